The first kappa shape index (κ1) is 36.9. The Hall–Kier alpha value is -2.32. The van der Waals surface area contributed by atoms with Gasteiger partial charge in [-0.25, -0.2) is 0 Å². The third kappa shape index (κ3) is 11.6. The molecule has 0 aliphatic carbocycles. The van der Waals surface area contributed by atoms with Gasteiger partial charge in [-0.2, -0.15) is 16.8 Å². The summed E-state index contributed by atoms with van der Waals surface area (Å²) in [7, 11) is -7.76. The van der Waals surface area contributed by atoms with E-state index in [1.54, 1.807) is 0 Å². The standard InChI is InChI=1S/2C15H21N2O3S.Ag.H2/c2*1-12-9-13(2)15(14(3)10-12)17-7-6-16(11-17)5-4-8-21(18,19)20;;/h2*6-7,9-11H,4-5,8H2,1-3H3,(H,18,19,20);;1H/q;;+1;. The monoisotopic (exact) mass is 727 g/mol. The first-order valence-electron chi connectivity index (χ1n) is 13.7. The number of aryl methyl sites for hydroxylation is 6. The van der Waals surface area contributed by atoms with Gasteiger partial charge >= 0.3 is 22.4 Å². The summed E-state index contributed by atoms with van der Waals surface area (Å²) in [4.78, 5) is 7.92. The summed E-state index contributed by atoms with van der Waals surface area (Å²) in [5.41, 5.74) is 9.58. The van der Waals surface area contributed by atoms with Crippen molar-refractivity contribution in [2.45, 2.75) is 54.4 Å². The molecule has 0 atom stereocenters. The zero-order valence-electron chi connectivity index (χ0n) is 25.5. The van der Waals surface area contributed by atoms with Crippen LogP contribution in [0.1, 0.15) is 47.6 Å². The Morgan fingerprint density at radius 1 is 0.581 bits per heavy atom. The molecule has 0 amide bonds. The van der Waals surface area contributed by atoms with Crippen molar-refractivity contribution in [1.29, 1.82) is 0 Å². The number of hydrogen-bond donors (Lipinski definition) is 2. The van der Waals surface area contributed by atoms with Crippen molar-refractivity contribution < 1.29 is 49.7 Å². The van der Waals surface area contributed by atoms with Crippen LogP contribution in [-0.2, 0) is 42.6 Å². The number of anilines is 2. The van der Waals surface area contributed by atoms with Gasteiger partial charge in [-0.05, 0) is 76.6 Å². The zero-order chi connectivity index (χ0) is 31.2. The molecule has 2 aliphatic heterocycles. The molecule has 0 fully saturated rings. The number of rotatable bonds is 10. The molecule has 2 radical (unpaired) electrons. The summed E-state index contributed by atoms with van der Waals surface area (Å²) in [5.74, 6) is -0.429. The molecule has 2 heterocycles. The number of nitrogens with zero attached hydrogens (tertiary/aromatic N) is 4. The second-order valence-corrected chi connectivity index (χ2v) is 14.0. The van der Waals surface area contributed by atoms with E-state index in [0.717, 1.165) is 11.4 Å². The predicted molar refractivity (Wildman–Crippen MR) is 171 cm³/mol. The average molecular weight is 729 g/mol. The molecule has 13 heteroatoms. The summed E-state index contributed by atoms with van der Waals surface area (Å²) < 4.78 is 60.3. The Labute approximate surface area is 274 Å². The van der Waals surface area contributed by atoms with Crippen LogP contribution in [-0.4, -0.2) is 60.3 Å². The van der Waals surface area contributed by atoms with Crippen LogP contribution in [0.4, 0.5) is 11.4 Å². The van der Waals surface area contributed by atoms with Gasteiger partial charge in [0.25, 0.3) is 20.2 Å². The van der Waals surface area contributed by atoms with E-state index in [0.29, 0.717) is 25.9 Å². The average Bonchev–Trinajstić information content (AvgIpc) is 3.47. The largest absolute Gasteiger partial charge is 1.00 e. The molecular weight excluding hydrogens is 684 g/mol. The first-order valence-corrected chi connectivity index (χ1v) is 16.9. The SMILES string of the molecule is Cc1cc(C)c(N2[CH]N(CCCS(=O)(=O)O)C=C2)c(C)c1.Cc1cc(C)c(N2[CH]N(CCCS(=O)(=O)O)C=C2)c(C)c1.[Ag+].[HH]. The molecule has 0 saturated heterocycles. The van der Waals surface area contributed by atoms with E-state index in [4.69, 9.17) is 9.11 Å². The Kier molecular flexibility index (Phi) is 13.4. The fourth-order valence-corrected chi connectivity index (χ4v) is 6.32. The van der Waals surface area contributed by atoms with Crippen LogP contribution >= 0.6 is 0 Å². The van der Waals surface area contributed by atoms with Crippen LogP contribution in [0, 0.1) is 54.9 Å². The molecule has 0 saturated carbocycles. The summed E-state index contributed by atoms with van der Waals surface area (Å²) in [6.07, 6.45) is 8.50. The normalized spacial score (nSPS) is 14.7. The van der Waals surface area contributed by atoms with E-state index >= 15 is 0 Å². The maximum Gasteiger partial charge on any atom is 1.00 e. The molecule has 10 nitrogen and oxygen atoms in total. The second-order valence-electron chi connectivity index (χ2n) is 10.9. The summed E-state index contributed by atoms with van der Waals surface area (Å²) in [6.45, 7) is 17.5. The van der Waals surface area contributed by atoms with Crippen molar-refractivity contribution in [3.63, 3.8) is 0 Å². The van der Waals surface area contributed by atoms with E-state index in [1.807, 2.05) is 57.7 Å². The van der Waals surface area contributed by atoms with Gasteiger partial charge in [0.05, 0.1) is 11.5 Å². The van der Waals surface area contributed by atoms with Crippen molar-refractivity contribution in [3.05, 3.63) is 95.8 Å². The molecule has 2 aliphatic rings. The first-order chi connectivity index (χ1) is 19.5. The van der Waals surface area contributed by atoms with Gasteiger partial charge in [-0.1, -0.05) is 35.4 Å². The quantitative estimate of drug-likeness (QED) is 0.242. The fraction of sp³-hybridized carbons (Fsp3) is 0.400. The van der Waals surface area contributed by atoms with Gasteiger partial charge in [-0.15, -0.1) is 0 Å². The molecule has 0 aromatic heterocycles. The molecular formula is C30H44AgN4O6S2+. The Balaban J connectivity index is 0.000000421. The number of hydrogen-bond acceptors (Lipinski definition) is 8. The minimum absolute atomic E-state index is 0. The minimum Gasteiger partial charge on any atom is -0.352 e. The molecule has 0 bridgehead atoms. The van der Waals surface area contributed by atoms with E-state index < -0.39 is 20.2 Å². The molecule has 2 aromatic carbocycles. The molecule has 0 spiro atoms. The minimum atomic E-state index is -3.88. The Morgan fingerprint density at radius 2 is 0.884 bits per heavy atom. The van der Waals surface area contributed by atoms with Crippen molar-refractivity contribution in [3.8, 4) is 0 Å². The van der Waals surface area contributed by atoms with Gasteiger partial charge in [0.2, 0.25) is 0 Å². The van der Waals surface area contributed by atoms with E-state index in [1.165, 1.54) is 33.4 Å². The third-order valence-corrected chi connectivity index (χ3v) is 8.42. The van der Waals surface area contributed by atoms with Crippen LogP contribution < -0.4 is 9.80 Å². The summed E-state index contributed by atoms with van der Waals surface area (Å²) in [6, 6.07) is 8.58. The zero-order valence-corrected chi connectivity index (χ0v) is 28.6. The van der Waals surface area contributed by atoms with Crippen LogP contribution in [0.2, 0.25) is 0 Å². The van der Waals surface area contributed by atoms with Gasteiger partial charge < -0.3 is 19.6 Å². The molecule has 0 unspecified atom stereocenters. The molecule has 242 valence electrons. The molecule has 43 heavy (non-hydrogen) atoms. The smallest absolute Gasteiger partial charge is 0.352 e. The molecule has 2 aromatic rings. The Morgan fingerprint density at radius 3 is 1.16 bits per heavy atom. The third-order valence-electron chi connectivity index (χ3n) is 6.81. The summed E-state index contributed by atoms with van der Waals surface area (Å²) >= 11 is 0. The molecule has 2 N–H and O–H groups in total. The number of benzene rings is 2. The van der Waals surface area contributed by atoms with E-state index in [-0.39, 0.29) is 35.3 Å². The van der Waals surface area contributed by atoms with E-state index in [9.17, 15) is 16.8 Å². The van der Waals surface area contributed by atoms with Crippen molar-refractivity contribution >= 4 is 31.6 Å². The fourth-order valence-electron chi connectivity index (χ4n) is 5.34. The van der Waals surface area contributed by atoms with Crippen LogP contribution in [0.5, 0.6) is 0 Å². The van der Waals surface area contributed by atoms with Crippen molar-refractivity contribution in [2.24, 2.45) is 0 Å². The second kappa shape index (κ2) is 15.6. The van der Waals surface area contributed by atoms with E-state index in [2.05, 4.69) is 65.8 Å². The van der Waals surface area contributed by atoms with Crippen LogP contribution in [0.15, 0.2) is 49.1 Å². The van der Waals surface area contributed by atoms with Gasteiger partial charge in [0.15, 0.2) is 0 Å². The predicted octanol–water partition coefficient (Wildman–Crippen LogP) is 5.45. The summed E-state index contributed by atoms with van der Waals surface area (Å²) in [5, 5.41) is 0. The van der Waals surface area contributed by atoms with Crippen molar-refractivity contribution in [2.75, 3.05) is 34.4 Å². The molecule has 4 rings (SSSR count). The topological polar surface area (TPSA) is 122 Å². The van der Waals surface area contributed by atoms with Gasteiger partial charge in [-0.3, -0.25) is 9.11 Å². The maximum absolute atomic E-state index is 10.7. The van der Waals surface area contributed by atoms with Crippen molar-refractivity contribution in [1.82, 2.24) is 9.80 Å². The maximum atomic E-state index is 10.7. The van der Waals surface area contributed by atoms with Gasteiger partial charge in [0, 0.05) is 50.7 Å². The van der Waals surface area contributed by atoms with Crippen LogP contribution in [0.3, 0.4) is 0 Å². The van der Waals surface area contributed by atoms with Gasteiger partial charge in [0.1, 0.15) is 13.3 Å². The van der Waals surface area contributed by atoms with Crippen LogP contribution in [0.25, 0.3) is 0 Å². The Bertz CT molecular complexity index is 1390.